The van der Waals surface area contributed by atoms with E-state index in [1.165, 1.54) is 6.07 Å². The number of nitrogens with one attached hydrogen (secondary N) is 1. The van der Waals surface area contributed by atoms with Crippen LogP contribution < -0.4 is 5.32 Å². The highest BCUT2D eigenvalue weighted by Crippen LogP contribution is 2.43. The fourth-order valence-corrected chi connectivity index (χ4v) is 5.08. The molecule has 1 N–H and O–H groups in total. The lowest BCUT2D eigenvalue weighted by Crippen LogP contribution is -2.38. The van der Waals surface area contributed by atoms with E-state index in [2.05, 4.69) is 39.9 Å². The summed E-state index contributed by atoms with van der Waals surface area (Å²) in [5.74, 6) is 0.658. The molecule has 0 spiro atoms. The number of fused-ring (bicyclic) bond motifs is 1. The van der Waals surface area contributed by atoms with Crippen LogP contribution in [0.15, 0.2) is 24.3 Å². The predicted molar refractivity (Wildman–Crippen MR) is 121 cm³/mol. The average molecular weight is 414 g/mol. The van der Waals surface area contributed by atoms with Crippen molar-refractivity contribution in [3.8, 4) is 0 Å². The van der Waals surface area contributed by atoms with Gasteiger partial charge in [-0.3, -0.25) is 4.79 Å². The van der Waals surface area contributed by atoms with Gasteiger partial charge in [-0.1, -0.05) is 58.2 Å². The minimum absolute atomic E-state index is 0.0300. The third-order valence-corrected chi connectivity index (χ3v) is 7.02. The van der Waals surface area contributed by atoms with Crippen LogP contribution in [-0.4, -0.2) is 15.6 Å². The molecule has 1 aliphatic rings. The van der Waals surface area contributed by atoms with Crippen molar-refractivity contribution >= 4 is 11.6 Å². The van der Waals surface area contributed by atoms with E-state index in [1.807, 2.05) is 23.7 Å². The highest BCUT2D eigenvalue weighted by atomic mass is 19.1. The van der Waals surface area contributed by atoms with Gasteiger partial charge in [-0.2, -0.15) is 5.10 Å². The lowest BCUT2D eigenvalue weighted by molar-refractivity contribution is 0.0886. The van der Waals surface area contributed by atoms with Crippen molar-refractivity contribution < 1.29 is 9.18 Å². The number of carbonyl (C=O) groups excluding carboxylic acids is 1. The predicted octanol–water partition coefficient (Wildman–Crippen LogP) is 6.80. The fourth-order valence-electron chi connectivity index (χ4n) is 5.08. The quantitative estimate of drug-likeness (QED) is 0.484. The molecule has 2 aromatic rings. The molecular weight excluding hydrogens is 377 g/mol. The van der Waals surface area contributed by atoms with Crippen molar-refractivity contribution in [3.63, 3.8) is 0 Å². The number of anilines is 1. The van der Waals surface area contributed by atoms with Crippen LogP contribution in [0.4, 0.5) is 10.2 Å². The number of aromatic nitrogens is 2. The number of aryl methyl sites for hydroxylation is 1. The molecule has 2 heterocycles. The number of carbonyl (C=O) groups is 1. The summed E-state index contributed by atoms with van der Waals surface area (Å²) in [7, 11) is 0. The normalized spacial score (nSPS) is 18.0. The number of halogens is 1. The van der Waals surface area contributed by atoms with Crippen LogP contribution in [0.1, 0.15) is 101 Å². The zero-order valence-corrected chi connectivity index (χ0v) is 19.3. The molecule has 1 aromatic carbocycles. The summed E-state index contributed by atoms with van der Waals surface area (Å²) in [6, 6.07) is 6.68. The van der Waals surface area contributed by atoms with Crippen molar-refractivity contribution in [1.82, 2.24) is 9.78 Å². The summed E-state index contributed by atoms with van der Waals surface area (Å²) in [6.07, 6.45) is 5.32. The molecule has 5 heteroatoms. The molecule has 4 nitrogen and oxygen atoms in total. The number of ketones is 1. The summed E-state index contributed by atoms with van der Waals surface area (Å²) < 4.78 is 16.5. The van der Waals surface area contributed by atoms with E-state index >= 15 is 0 Å². The molecule has 30 heavy (non-hydrogen) atoms. The Labute approximate surface area is 180 Å². The summed E-state index contributed by atoms with van der Waals surface area (Å²) in [5, 5.41) is 8.22. The molecular formula is C25H36FN3O. The van der Waals surface area contributed by atoms with Gasteiger partial charge in [0.05, 0.1) is 22.8 Å². The Hall–Kier alpha value is -2.17. The molecule has 0 amide bonds. The van der Waals surface area contributed by atoms with Gasteiger partial charge in [0, 0.05) is 12.0 Å². The fraction of sp³-hybridized carbons (Fsp3) is 0.600. The summed E-state index contributed by atoms with van der Waals surface area (Å²) in [6.45, 7) is 12.7. The largest absolute Gasteiger partial charge is 0.363 e. The van der Waals surface area contributed by atoms with Gasteiger partial charge in [0.15, 0.2) is 5.78 Å². The third-order valence-electron chi connectivity index (χ3n) is 7.02. The maximum atomic E-state index is 14.5. The second-order valence-corrected chi connectivity index (χ2v) is 9.51. The highest BCUT2D eigenvalue weighted by Gasteiger charge is 2.39. The van der Waals surface area contributed by atoms with Crippen LogP contribution in [0.3, 0.4) is 0 Å². The molecule has 0 saturated heterocycles. The Morgan fingerprint density at radius 1 is 1.27 bits per heavy atom. The van der Waals surface area contributed by atoms with Gasteiger partial charge >= 0.3 is 0 Å². The molecule has 0 fully saturated rings. The maximum absolute atomic E-state index is 14.5. The number of hydrogen-bond donors (Lipinski definition) is 1. The van der Waals surface area contributed by atoms with Gasteiger partial charge in [0.25, 0.3) is 0 Å². The average Bonchev–Trinajstić information content (AvgIpc) is 3.04. The van der Waals surface area contributed by atoms with Crippen molar-refractivity contribution in [3.05, 3.63) is 46.9 Å². The Morgan fingerprint density at radius 2 is 1.93 bits per heavy atom. The Morgan fingerprint density at radius 3 is 2.53 bits per heavy atom. The van der Waals surface area contributed by atoms with Crippen LogP contribution in [0.5, 0.6) is 0 Å². The molecule has 0 saturated carbocycles. The molecule has 1 aliphatic heterocycles. The second-order valence-electron chi connectivity index (χ2n) is 9.51. The van der Waals surface area contributed by atoms with Crippen LogP contribution >= 0.6 is 0 Å². The first kappa shape index (κ1) is 22.5. The first-order valence-corrected chi connectivity index (χ1v) is 11.3. The molecule has 1 unspecified atom stereocenters. The zero-order valence-electron chi connectivity index (χ0n) is 19.3. The van der Waals surface area contributed by atoms with E-state index in [4.69, 9.17) is 5.10 Å². The summed E-state index contributed by atoms with van der Waals surface area (Å²) in [4.78, 5) is 13.6. The highest BCUT2D eigenvalue weighted by molar-refractivity contribution is 6.02. The topological polar surface area (TPSA) is 46.9 Å². The molecule has 0 aliphatic carbocycles. The third kappa shape index (κ3) is 4.03. The number of benzene rings is 1. The van der Waals surface area contributed by atoms with Crippen molar-refractivity contribution in [2.75, 3.05) is 5.32 Å². The number of hydrogen-bond acceptors (Lipinski definition) is 3. The number of rotatable bonds is 8. The van der Waals surface area contributed by atoms with Crippen LogP contribution in [0.25, 0.3) is 0 Å². The molecule has 1 atom stereocenters. The van der Waals surface area contributed by atoms with Gasteiger partial charge < -0.3 is 5.32 Å². The maximum Gasteiger partial charge on any atom is 0.169 e. The SMILES string of the molecule is CCCC(CC)(CC)CC(=O)c1c(C)nn2c1NC(c1ccccc1F)CC2(C)C. The summed E-state index contributed by atoms with van der Waals surface area (Å²) >= 11 is 0. The molecule has 3 rings (SSSR count). The first-order chi connectivity index (χ1) is 14.2. The number of Topliss-reactive ketones (excluding diaryl/α,β-unsaturated/α-hetero) is 1. The van der Waals surface area contributed by atoms with E-state index in [-0.39, 0.29) is 28.6 Å². The molecule has 1 aromatic heterocycles. The van der Waals surface area contributed by atoms with E-state index in [1.54, 1.807) is 6.07 Å². The van der Waals surface area contributed by atoms with E-state index in [9.17, 15) is 9.18 Å². The Balaban J connectivity index is 2.01. The van der Waals surface area contributed by atoms with Gasteiger partial charge in [-0.05, 0) is 45.1 Å². The minimum atomic E-state index is -0.327. The van der Waals surface area contributed by atoms with Crippen molar-refractivity contribution in [2.45, 2.75) is 91.6 Å². The van der Waals surface area contributed by atoms with E-state index in [0.717, 1.165) is 37.2 Å². The minimum Gasteiger partial charge on any atom is -0.363 e. The van der Waals surface area contributed by atoms with E-state index in [0.29, 0.717) is 24.0 Å². The van der Waals surface area contributed by atoms with Crippen LogP contribution in [0.2, 0.25) is 0 Å². The van der Waals surface area contributed by atoms with Crippen LogP contribution in [0, 0.1) is 18.2 Å². The van der Waals surface area contributed by atoms with Gasteiger partial charge in [0.1, 0.15) is 11.6 Å². The van der Waals surface area contributed by atoms with Crippen molar-refractivity contribution in [1.29, 1.82) is 0 Å². The zero-order chi connectivity index (χ0) is 22.1. The van der Waals surface area contributed by atoms with Gasteiger partial charge in [0.2, 0.25) is 0 Å². The summed E-state index contributed by atoms with van der Waals surface area (Å²) in [5.41, 5.74) is 1.76. The smallest absolute Gasteiger partial charge is 0.169 e. The molecule has 0 bridgehead atoms. The molecule has 164 valence electrons. The standard InChI is InChI=1S/C25H36FN3O/c1-7-14-25(8-2,9-3)16-21(30)22-17(4)28-29-23(22)27-20(15-24(29,5)6)18-12-10-11-13-19(18)26/h10-13,20,27H,7-9,14-16H2,1-6H3. The van der Waals surface area contributed by atoms with Gasteiger partial charge in [-0.15, -0.1) is 0 Å². The number of nitrogens with zero attached hydrogens (tertiary/aromatic N) is 2. The lowest BCUT2D eigenvalue weighted by atomic mass is 9.73. The van der Waals surface area contributed by atoms with Gasteiger partial charge in [-0.25, -0.2) is 9.07 Å². The first-order valence-electron chi connectivity index (χ1n) is 11.3. The lowest BCUT2D eigenvalue weighted by Gasteiger charge is -2.38. The van der Waals surface area contributed by atoms with Crippen LogP contribution in [-0.2, 0) is 5.54 Å². The Bertz CT molecular complexity index is 911. The Kier molecular flexibility index (Phi) is 6.40. The van der Waals surface area contributed by atoms with E-state index < -0.39 is 0 Å². The molecule has 0 radical (unpaired) electrons. The van der Waals surface area contributed by atoms with Crippen molar-refractivity contribution in [2.24, 2.45) is 5.41 Å². The monoisotopic (exact) mass is 413 g/mol. The second kappa shape index (κ2) is 8.52.